The number of amides is 2. The number of fused-ring (bicyclic) bond motifs is 1. The van der Waals surface area contributed by atoms with Crippen LogP contribution < -0.4 is 14.8 Å². The largest absolute Gasteiger partial charge is 0.497 e. The van der Waals surface area contributed by atoms with Crippen molar-refractivity contribution in [3.8, 4) is 22.8 Å². The van der Waals surface area contributed by atoms with Crippen molar-refractivity contribution in [2.75, 3.05) is 20.8 Å². The van der Waals surface area contributed by atoms with Gasteiger partial charge in [-0.2, -0.15) is 0 Å². The van der Waals surface area contributed by atoms with Crippen LogP contribution in [-0.4, -0.2) is 46.6 Å². The molecule has 40 heavy (non-hydrogen) atoms. The lowest BCUT2D eigenvalue weighted by Crippen LogP contribution is -2.61. The fourth-order valence-electron chi connectivity index (χ4n) is 7.82. The Morgan fingerprint density at radius 1 is 1.15 bits per heavy atom. The molecule has 4 aliphatic rings. The minimum atomic E-state index is -0.0298. The zero-order valence-corrected chi connectivity index (χ0v) is 23.9. The number of ether oxygens (including phenoxy) is 2. The van der Waals surface area contributed by atoms with Crippen molar-refractivity contribution in [2.45, 2.75) is 57.0 Å². The number of furan rings is 1. The highest BCUT2D eigenvalue weighted by molar-refractivity contribution is 7.15. The topological polar surface area (TPSA) is 81.2 Å². The molecule has 0 saturated heterocycles. The summed E-state index contributed by atoms with van der Waals surface area (Å²) in [6.07, 6.45) is 11.9. The number of urea groups is 1. The summed E-state index contributed by atoms with van der Waals surface area (Å²) in [7, 11) is 3.32. The van der Waals surface area contributed by atoms with E-state index in [0.29, 0.717) is 19.5 Å². The Morgan fingerprint density at radius 2 is 1.93 bits per heavy atom. The highest BCUT2D eigenvalue weighted by Crippen LogP contribution is 2.55. The molecule has 3 aromatic heterocycles. The van der Waals surface area contributed by atoms with E-state index < -0.39 is 0 Å². The predicted octanol–water partition coefficient (Wildman–Crippen LogP) is 6.40. The molecule has 4 fully saturated rings. The molecule has 0 spiro atoms. The lowest BCUT2D eigenvalue weighted by atomic mass is 9.53. The molecule has 4 saturated carbocycles. The second-order valence-corrected chi connectivity index (χ2v) is 12.8. The van der Waals surface area contributed by atoms with Crippen LogP contribution in [0.25, 0.3) is 16.2 Å². The van der Waals surface area contributed by atoms with Crippen LogP contribution in [0, 0.1) is 17.8 Å². The van der Waals surface area contributed by atoms with Gasteiger partial charge in [-0.05, 0) is 86.6 Å². The van der Waals surface area contributed by atoms with Gasteiger partial charge in [-0.3, -0.25) is 4.40 Å². The van der Waals surface area contributed by atoms with Crippen molar-refractivity contribution in [1.82, 2.24) is 19.6 Å². The first-order valence-electron chi connectivity index (χ1n) is 14.3. The number of rotatable bonds is 9. The maximum atomic E-state index is 13.8. The molecular formula is C31H36N4O4S. The van der Waals surface area contributed by atoms with Crippen molar-refractivity contribution in [2.24, 2.45) is 17.8 Å². The van der Waals surface area contributed by atoms with Crippen LogP contribution >= 0.6 is 11.3 Å². The Hall–Kier alpha value is -3.46. The summed E-state index contributed by atoms with van der Waals surface area (Å²) in [6.45, 7) is 1.04. The number of thiazole rings is 1. The molecule has 2 amide bonds. The smallest absolute Gasteiger partial charge is 0.318 e. The number of aromatic nitrogens is 2. The van der Waals surface area contributed by atoms with Crippen molar-refractivity contribution < 1.29 is 18.7 Å². The van der Waals surface area contributed by atoms with Crippen molar-refractivity contribution in [3.05, 3.63) is 59.6 Å². The number of carbonyl (C=O) groups is 1. The molecular weight excluding hydrogens is 524 g/mol. The Kier molecular flexibility index (Phi) is 6.49. The van der Waals surface area contributed by atoms with Crippen LogP contribution in [0.3, 0.4) is 0 Å². The molecule has 4 aromatic rings. The van der Waals surface area contributed by atoms with E-state index in [1.165, 1.54) is 19.3 Å². The van der Waals surface area contributed by atoms with Gasteiger partial charge >= 0.3 is 6.03 Å². The number of hydrogen-bond donors (Lipinski definition) is 1. The SMILES string of the molecule is COc1ccc(OC)c(-c2cn3c(CCN(Cc4ccco4)C(=O)NC45CC6CC(CC(C6)C4)C5)csc3n2)c1. The third-order valence-corrected chi connectivity index (χ3v) is 10.1. The quantitative estimate of drug-likeness (QED) is 0.256. The van der Waals surface area contributed by atoms with Gasteiger partial charge < -0.3 is 24.1 Å². The molecule has 8 nitrogen and oxygen atoms in total. The molecule has 4 bridgehead atoms. The minimum Gasteiger partial charge on any atom is -0.497 e. The van der Waals surface area contributed by atoms with Crippen LogP contribution in [0.5, 0.6) is 11.5 Å². The van der Waals surface area contributed by atoms with E-state index in [0.717, 1.165) is 76.2 Å². The summed E-state index contributed by atoms with van der Waals surface area (Å²) in [5, 5.41) is 5.69. The highest BCUT2D eigenvalue weighted by Gasteiger charge is 2.51. The van der Waals surface area contributed by atoms with E-state index in [-0.39, 0.29) is 11.6 Å². The monoisotopic (exact) mass is 560 g/mol. The Balaban J connectivity index is 1.11. The van der Waals surface area contributed by atoms with Crippen molar-refractivity contribution in [1.29, 1.82) is 0 Å². The zero-order valence-electron chi connectivity index (χ0n) is 23.1. The van der Waals surface area contributed by atoms with Gasteiger partial charge in [0.05, 0.1) is 32.7 Å². The molecule has 0 radical (unpaired) electrons. The van der Waals surface area contributed by atoms with Gasteiger partial charge in [0.2, 0.25) is 0 Å². The Morgan fingerprint density at radius 3 is 2.60 bits per heavy atom. The minimum absolute atomic E-state index is 0.0252. The number of nitrogens with one attached hydrogen (secondary N) is 1. The molecule has 4 aliphatic carbocycles. The first-order chi connectivity index (χ1) is 19.5. The van der Waals surface area contributed by atoms with Crippen LogP contribution in [0.4, 0.5) is 4.79 Å². The molecule has 0 unspecified atom stereocenters. The first kappa shape index (κ1) is 25.5. The maximum Gasteiger partial charge on any atom is 0.318 e. The molecule has 1 N–H and O–H groups in total. The van der Waals surface area contributed by atoms with Crippen LogP contribution in [0.1, 0.15) is 50.0 Å². The maximum absolute atomic E-state index is 13.8. The predicted molar refractivity (Wildman–Crippen MR) is 154 cm³/mol. The molecule has 9 heteroatoms. The van der Waals surface area contributed by atoms with E-state index in [2.05, 4.69) is 15.1 Å². The van der Waals surface area contributed by atoms with Gasteiger partial charge in [0.15, 0.2) is 4.96 Å². The standard InChI is InChI=1S/C31H36N4O4S/c1-37-24-5-6-28(38-2)26(13-24)27-18-35-23(19-40-30(35)32-27)7-8-34(17-25-4-3-9-39-25)29(36)33-31-14-20-10-21(15-31)12-22(11-20)16-31/h3-6,9,13,18-22H,7-8,10-12,14-17H2,1-2H3,(H,33,36). The van der Waals surface area contributed by atoms with Gasteiger partial charge in [0, 0.05) is 41.3 Å². The fraction of sp³-hybridized carbons (Fsp3) is 0.484. The summed E-state index contributed by atoms with van der Waals surface area (Å²) >= 11 is 1.60. The summed E-state index contributed by atoms with van der Waals surface area (Å²) < 4.78 is 18.8. The third kappa shape index (κ3) is 4.74. The number of imidazole rings is 1. The normalized spacial score (nSPS) is 24.9. The number of carbonyl (C=O) groups excluding carboxylic acids is 1. The zero-order chi connectivity index (χ0) is 27.3. The lowest BCUT2D eigenvalue weighted by molar-refractivity contribution is -0.0159. The highest BCUT2D eigenvalue weighted by atomic mass is 32.1. The van der Waals surface area contributed by atoms with Gasteiger partial charge in [0.25, 0.3) is 0 Å². The number of methoxy groups -OCH3 is 2. The molecule has 1 aromatic carbocycles. The summed E-state index contributed by atoms with van der Waals surface area (Å²) in [4.78, 5) is 21.5. The average Bonchev–Trinajstić information content (AvgIpc) is 3.68. The van der Waals surface area contributed by atoms with Crippen LogP contribution in [0.2, 0.25) is 0 Å². The van der Waals surface area contributed by atoms with E-state index in [9.17, 15) is 4.79 Å². The molecule has 3 heterocycles. The Labute approximate surface area is 238 Å². The fourth-order valence-corrected chi connectivity index (χ4v) is 8.72. The van der Waals surface area contributed by atoms with Gasteiger partial charge in [0.1, 0.15) is 17.3 Å². The van der Waals surface area contributed by atoms with Crippen LogP contribution in [0.15, 0.2) is 52.6 Å². The number of hydrogen-bond acceptors (Lipinski definition) is 6. The number of nitrogens with zero attached hydrogens (tertiary/aromatic N) is 3. The van der Waals surface area contributed by atoms with Crippen LogP contribution in [-0.2, 0) is 13.0 Å². The summed E-state index contributed by atoms with van der Waals surface area (Å²) in [6, 6.07) is 9.58. The second kappa shape index (κ2) is 10.2. The molecule has 210 valence electrons. The molecule has 0 atom stereocenters. The average molecular weight is 561 g/mol. The molecule has 0 aliphatic heterocycles. The van der Waals surface area contributed by atoms with E-state index >= 15 is 0 Å². The lowest BCUT2D eigenvalue weighted by Gasteiger charge is -2.57. The summed E-state index contributed by atoms with van der Waals surface area (Å²) in [5.41, 5.74) is 2.81. The van der Waals surface area contributed by atoms with Crippen molar-refractivity contribution in [3.63, 3.8) is 0 Å². The van der Waals surface area contributed by atoms with Crippen molar-refractivity contribution >= 4 is 22.3 Å². The van der Waals surface area contributed by atoms with E-state index in [1.807, 2.05) is 41.4 Å². The first-order valence-corrected chi connectivity index (χ1v) is 15.2. The van der Waals surface area contributed by atoms with Gasteiger partial charge in [-0.25, -0.2) is 9.78 Å². The van der Waals surface area contributed by atoms with Gasteiger partial charge in [-0.15, -0.1) is 11.3 Å². The van der Waals surface area contributed by atoms with Gasteiger partial charge in [-0.1, -0.05) is 0 Å². The second-order valence-electron chi connectivity index (χ2n) is 12.0. The van der Waals surface area contributed by atoms with E-state index in [4.69, 9.17) is 18.9 Å². The molecule has 8 rings (SSSR count). The third-order valence-electron chi connectivity index (χ3n) is 9.23. The van der Waals surface area contributed by atoms with E-state index in [1.54, 1.807) is 31.8 Å². The Bertz CT molecular complexity index is 1470. The number of benzene rings is 1. The summed E-state index contributed by atoms with van der Waals surface area (Å²) in [5.74, 6) is 4.64.